The highest BCUT2D eigenvalue weighted by Crippen LogP contribution is 2.33. The van der Waals surface area contributed by atoms with Crippen molar-refractivity contribution in [3.8, 4) is 11.5 Å². The molecule has 1 N–H and O–H groups in total. The Labute approximate surface area is 201 Å². The van der Waals surface area contributed by atoms with Crippen LogP contribution in [0.4, 0.5) is 0 Å². The number of carbonyl (C=O) groups excluding carboxylic acids is 1. The lowest BCUT2D eigenvalue weighted by molar-refractivity contribution is -0.114. The molecule has 2 aliphatic heterocycles. The number of amidine groups is 2. The third kappa shape index (κ3) is 4.90. The lowest BCUT2D eigenvalue weighted by Crippen LogP contribution is -2.35. The quantitative estimate of drug-likeness (QED) is 0.426. The molecule has 0 radical (unpaired) electrons. The van der Waals surface area contributed by atoms with E-state index in [4.69, 9.17) is 14.3 Å². The molecule has 1 amide bonds. The lowest BCUT2D eigenvalue weighted by atomic mass is 10.1. The van der Waals surface area contributed by atoms with Gasteiger partial charge in [0.2, 0.25) is 5.17 Å². The minimum atomic E-state index is -4.06. The van der Waals surface area contributed by atoms with E-state index in [1.54, 1.807) is 37.3 Å². The Hall–Kier alpha value is -3.44. The molecule has 0 fully saturated rings. The maximum atomic E-state index is 12.6. The van der Waals surface area contributed by atoms with Crippen molar-refractivity contribution in [3.63, 3.8) is 0 Å². The van der Waals surface area contributed by atoms with Gasteiger partial charge in [-0.15, -0.1) is 0 Å². The molecule has 0 atom stereocenters. The molecule has 176 valence electrons. The first-order valence-electron chi connectivity index (χ1n) is 10.6. The number of hydrogen-bond donors (Lipinski definition) is 1. The molecular weight excluding hydrogens is 476 g/mol. The first-order valence-corrected chi connectivity index (χ1v) is 12.8. The number of hydrazone groups is 1. The first-order chi connectivity index (χ1) is 16.3. The minimum Gasteiger partial charge on any atom is -0.490 e. The van der Waals surface area contributed by atoms with E-state index in [2.05, 4.69) is 10.1 Å². The van der Waals surface area contributed by atoms with Crippen molar-refractivity contribution < 1.29 is 22.1 Å². The molecular formula is C23H22N4O5S2. The maximum absolute atomic E-state index is 12.6. The fourth-order valence-corrected chi connectivity index (χ4v) is 5.17. The molecule has 0 saturated heterocycles. The number of thioether (sulfide) groups is 1. The van der Waals surface area contributed by atoms with Gasteiger partial charge in [-0.05, 0) is 67.4 Å². The third-order valence-electron chi connectivity index (χ3n) is 4.77. The third-order valence-corrected chi connectivity index (χ3v) is 6.99. The zero-order valence-electron chi connectivity index (χ0n) is 18.5. The molecule has 2 heterocycles. The molecule has 0 spiro atoms. The van der Waals surface area contributed by atoms with E-state index in [-0.39, 0.29) is 34.4 Å². The van der Waals surface area contributed by atoms with E-state index in [9.17, 15) is 13.2 Å². The van der Waals surface area contributed by atoms with Crippen molar-refractivity contribution in [2.24, 2.45) is 10.1 Å². The number of aliphatic imine (C=N–C) groups is 1. The normalized spacial score (nSPS) is 16.9. The minimum absolute atomic E-state index is 0.0166. The topological polar surface area (TPSA) is 121 Å². The van der Waals surface area contributed by atoms with Crippen LogP contribution in [0.15, 0.2) is 69.1 Å². The molecule has 9 nitrogen and oxygen atoms in total. The number of nitrogens with one attached hydrogen (secondary N) is 1. The molecule has 0 saturated carbocycles. The highest BCUT2D eigenvalue weighted by molar-refractivity contribution is 8.26. The molecule has 34 heavy (non-hydrogen) atoms. The number of ether oxygens (including phenoxy) is 1. The summed E-state index contributed by atoms with van der Waals surface area (Å²) < 4.78 is 36.2. The fraction of sp³-hybridized carbons (Fsp3) is 0.217. The highest BCUT2D eigenvalue weighted by atomic mass is 32.2. The summed E-state index contributed by atoms with van der Waals surface area (Å²) in [6.45, 7) is 4.05. The van der Waals surface area contributed by atoms with Gasteiger partial charge in [0, 0.05) is 0 Å². The number of nitrogens with zero attached hydrogens (tertiary/aromatic N) is 3. The summed E-state index contributed by atoms with van der Waals surface area (Å²) in [7, 11) is -4.06. The number of hydrogen-bond acceptors (Lipinski definition) is 8. The van der Waals surface area contributed by atoms with Gasteiger partial charge in [0.1, 0.15) is 9.94 Å². The summed E-state index contributed by atoms with van der Waals surface area (Å²) in [4.78, 5) is 16.7. The number of fused-ring (bicyclic) bond motifs is 1. The Morgan fingerprint density at radius 3 is 2.59 bits per heavy atom. The molecule has 2 aromatic rings. The Morgan fingerprint density at radius 2 is 1.88 bits per heavy atom. The zero-order chi connectivity index (χ0) is 24.3. The van der Waals surface area contributed by atoms with Crippen LogP contribution in [-0.4, -0.2) is 42.0 Å². The zero-order valence-corrected chi connectivity index (χ0v) is 20.1. The van der Waals surface area contributed by atoms with E-state index >= 15 is 0 Å². The van der Waals surface area contributed by atoms with Gasteiger partial charge in [-0.2, -0.15) is 23.5 Å². The average molecular weight is 499 g/mol. The highest BCUT2D eigenvalue weighted by Gasteiger charge is 2.35. The van der Waals surface area contributed by atoms with E-state index in [1.165, 1.54) is 41.0 Å². The molecule has 0 unspecified atom stereocenters. The van der Waals surface area contributed by atoms with E-state index < -0.39 is 16.0 Å². The van der Waals surface area contributed by atoms with Crippen LogP contribution in [0.1, 0.15) is 32.3 Å². The summed E-state index contributed by atoms with van der Waals surface area (Å²) in [5.74, 6) is -0.404. The van der Waals surface area contributed by atoms with Crippen LogP contribution in [0.3, 0.4) is 0 Å². The summed E-state index contributed by atoms with van der Waals surface area (Å²) in [5.41, 5.74) is 0.586. The average Bonchev–Trinajstić information content (AvgIpc) is 3.21. The summed E-state index contributed by atoms with van der Waals surface area (Å²) >= 11 is 1.29. The number of carbonyl (C=O) groups is 1. The van der Waals surface area contributed by atoms with Crippen LogP contribution >= 0.6 is 11.8 Å². The number of rotatable bonds is 8. The Morgan fingerprint density at radius 1 is 1.12 bits per heavy atom. The lowest BCUT2D eigenvalue weighted by Gasteiger charge is -2.20. The van der Waals surface area contributed by atoms with Gasteiger partial charge in [-0.25, -0.2) is 0 Å². The maximum Gasteiger partial charge on any atom is 0.339 e. The molecule has 2 aromatic carbocycles. The van der Waals surface area contributed by atoms with E-state index in [0.29, 0.717) is 10.7 Å². The number of amides is 1. The Balaban J connectivity index is 1.64. The summed E-state index contributed by atoms with van der Waals surface area (Å²) in [5, 5.41) is 15.4. The van der Waals surface area contributed by atoms with Crippen molar-refractivity contribution >= 4 is 49.9 Å². The SMILES string of the molecule is CCCC1=NN2C(=N)C(=Cc3ccc(OS(=O)(=O)c4ccccc4)c(OCC)c3)C(=O)N=C2S1. The standard InChI is InChI=1S/C23H22N4O5S2/c1-3-8-20-26-27-21(24)17(22(28)25-23(27)33-20)13-15-11-12-18(19(14-15)31-4-2)32-34(29,30)16-9-6-5-7-10-16/h5-7,9-14,24H,3-4,8H2,1-2H3. The monoisotopic (exact) mass is 498 g/mol. The van der Waals surface area contributed by atoms with Gasteiger partial charge in [0.25, 0.3) is 5.91 Å². The fourth-order valence-electron chi connectivity index (χ4n) is 3.22. The van der Waals surface area contributed by atoms with Crippen LogP contribution in [0, 0.1) is 5.41 Å². The molecule has 11 heteroatoms. The number of benzene rings is 2. The summed E-state index contributed by atoms with van der Waals surface area (Å²) in [6.07, 6.45) is 3.14. The van der Waals surface area contributed by atoms with Gasteiger partial charge >= 0.3 is 10.1 Å². The summed E-state index contributed by atoms with van der Waals surface area (Å²) in [6, 6.07) is 12.4. The smallest absolute Gasteiger partial charge is 0.339 e. The van der Waals surface area contributed by atoms with Crippen molar-refractivity contribution in [1.29, 1.82) is 5.41 Å². The van der Waals surface area contributed by atoms with Gasteiger partial charge in [0.05, 0.1) is 12.2 Å². The Bertz CT molecular complexity index is 1330. The van der Waals surface area contributed by atoms with Crippen LogP contribution in [0.2, 0.25) is 0 Å². The molecule has 0 aromatic heterocycles. The van der Waals surface area contributed by atoms with Crippen molar-refractivity contribution in [2.75, 3.05) is 6.61 Å². The predicted octanol–water partition coefficient (Wildman–Crippen LogP) is 4.27. The molecule has 0 bridgehead atoms. The van der Waals surface area contributed by atoms with Gasteiger partial charge in [0.15, 0.2) is 17.3 Å². The van der Waals surface area contributed by atoms with Crippen LogP contribution < -0.4 is 8.92 Å². The molecule has 0 aliphatic carbocycles. The van der Waals surface area contributed by atoms with Crippen molar-refractivity contribution in [3.05, 3.63) is 59.7 Å². The van der Waals surface area contributed by atoms with Crippen LogP contribution in [0.25, 0.3) is 6.08 Å². The second-order valence-electron chi connectivity index (χ2n) is 7.25. The molecule has 4 rings (SSSR count). The molecule has 2 aliphatic rings. The van der Waals surface area contributed by atoms with Crippen LogP contribution in [0.5, 0.6) is 11.5 Å². The predicted molar refractivity (Wildman–Crippen MR) is 132 cm³/mol. The van der Waals surface area contributed by atoms with E-state index in [1.807, 2.05) is 6.92 Å². The van der Waals surface area contributed by atoms with Crippen LogP contribution in [-0.2, 0) is 14.9 Å². The second kappa shape index (κ2) is 9.82. The first kappa shape index (κ1) is 23.7. The largest absolute Gasteiger partial charge is 0.490 e. The Kier molecular flexibility index (Phi) is 6.85. The van der Waals surface area contributed by atoms with Gasteiger partial charge in [-0.3, -0.25) is 10.2 Å². The van der Waals surface area contributed by atoms with Gasteiger partial charge in [-0.1, -0.05) is 31.2 Å². The van der Waals surface area contributed by atoms with E-state index in [0.717, 1.165) is 17.9 Å². The van der Waals surface area contributed by atoms with Gasteiger partial charge < -0.3 is 8.92 Å². The van der Waals surface area contributed by atoms with Crippen molar-refractivity contribution in [2.45, 2.75) is 31.6 Å². The van der Waals surface area contributed by atoms with Crippen molar-refractivity contribution in [1.82, 2.24) is 5.01 Å². The second-order valence-corrected chi connectivity index (χ2v) is 9.84.